The summed E-state index contributed by atoms with van der Waals surface area (Å²) < 4.78 is 0. The van der Waals surface area contributed by atoms with Crippen LogP contribution in [-0.2, 0) is 4.79 Å². The van der Waals surface area contributed by atoms with Gasteiger partial charge in [-0.25, -0.2) is 0 Å². The van der Waals surface area contributed by atoms with Crippen LogP contribution in [0.4, 0.5) is 0 Å². The van der Waals surface area contributed by atoms with Crippen LogP contribution in [0.25, 0.3) is 6.08 Å². The van der Waals surface area contributed by atoms with Crippen LogP contribution in [0.5, 0.6) is 0 Å². The van der Waals surface area contributed by atoms with Gasteiger partial charge in [-0.05, 0) is 5.56 Å². The van der Waals surface area contributed by atoms with Crippen molar-refractivity contribution in [1.82, 2.24) is 0 Å². The van der Waals surface area contributed by atoms with Gasteiger partial charge in [-0.15, -0.1) is 0 Å². The number of rotatable bonds is 3. The summed E-state index contributed by atoms with van der Waals surface area (Å²) in [7, 11) is 0. The summed E-state index contributed by atoms with van der Waals surface area (Å²) in [5.41, 5.74) is 1.03. The van der Waals surface area contributed by atoms with E-state index in [1.807, 2.05) is 30.3 Å². The molecule has 0 aliphatic carbocycles. The highest BCUT2D eigenvalue weighted by atomic mass is 16.4. The van der Waals surface area contributed by atoms with Crippen molar-refractivity contribution >= 4 is 12.0 Å². The highest BCUT2D eigenvalue weighted by Gasteiger charge is 1.88. The molecular formula is C13H13NO2. The first kappa shape index (κ1) is 13.7. The summed E-state index contributed by atoms with van der Waals surface area (Å²) in [6, 6.07) is 11.3. The minimum atomic E-state index is -0.804. The average Bonchev–Trinajstić information content (AvgIpc) is 2.30. The van der Waals surface area contributed by atoms with Crippen LogP contribution in [0.3, 0.4) is 0 Å². The number of benzene rings is 1. The van der Waals surface area contributed by atoms with E-state index >= 15 is 0 Å². The monoisotopic (exact) mass is 215 g/mol. The largest absolute Gasteiger partial charge is 0.481 e. The number of nitriles is 1. The molecule has 0 aliphatic heterocycles. The van der Waals surface area contributed by atoms with Gasteiger partial charge >= 0.3 is 5.97 Å². The lowest BCUT2D eigenvalue weighted by molar-refractivity contribution is -0.135. The summed E-state index contributed by atoms with van der Waals surface area (Å²) in [5.74, 6) is -0.804. The van der Waals surface area contributed by atoms with Crippen LogP contribution in [0.1, 0.15) is 12.0 Å². The zero-order chi connectivity index (χ0) is 12.2. The smallest absolute Gasteiger partial charge is 0.307 e. The molecule has 0 aromatic heterocycles. The van der Waals surface area contributed by atoms with Crippen molar-refractivity contribution in [3.05, 3.63) is 54.6 Å². The molecule has 0 unspecified atom stereocenters. The summed E-state index contributed by atoms with van der Waals surface area (Å²) in [4.78, 5) is 10.1. The molecule has 3 heteroatoms. The van der Waals surface area contributed by atoms with Gasteiger partial charge in [0.1, 0.15) is 0 Å². The Morgan fingerprint density at radius 2 is 2.00 bits per heavy atom. The third-order valence-electron chi connectivity index (χ3n) is 1.49. The highest BCUT2D eigenvalue weighted by Crippen LogP contribution is 2.01. The number of carboxylic acids is 1. The Kier molecular flexibility index (Phi) is 7.88. The fourth-order valence-electron chi connectivity index (χ4n) is 0.860. The molecule has 1 N–H and O–H groups in total. The van der Waals surface area contributed by atoms with Gasteiger partial charge in [0.25, 0.3) is 0 Å². The summed E-state index contributed by atoms with van der Waals surface area (Å²) in [6.45, 7) is 3.12. The lowest BCUT2D eigenvalue weighted by atomic mass is 10.2. The third-order valence-corrected chi connectivity index (χ3v) is 1.49. The van der Waals surface area contributed by atoms with Crippen LogP contribution < -0.4 is 0 Å². The van der Waals surface area contributed by atoms with Gasteiger partial charge < -0.3 is 5.11 Å². The lowest BCUT2D eigenvalue weighted by Gasteiger charge is -1.89. The fraction of sp³-hybridized carbons (Fsp3) is 0.0769. The molecule has 0 amide bonds. The van der Waals surface area contributed by atoms with E-state index in [0.29, 0.717) is 0 Å². The van der Waals surface area contributed by atoms with Crippen molar-refractivity contribution in [2.75, 3.05) is 0 Å². The van der Waals surface area contributed by atoms with Crippen molar-refractivity contribution < 1.29 is 9.90 Å². The first-order chi connectivity index (χ1) is 7.70. The number of nitrogens with zero attached hydrogens (tertiary/aromatic N) is 1. The molecule has 0 bridgehead atoms. The predicted octanol–water partition coefficient (Wildman–Crippen LogP) is 2.87. The molecule has 1 aromatic rings. The standard InChI is InChI=1S/C10H10O2.C3H3N/c11-10(12)8-4-7-9-5-2-1-3-6-9;1-2-3-4/h1-7H,8H2,(H,11,12);2H,1H2. The predicted molar refractivity (Wildman–Crippen MR) is 63.5 cm³/mol. The molecule has 16 heavy (non-hydrogen) atoms. The Balaban J connectivity index is 0.000000487. The van der Waals surface area contributed by atoms with E-state index in [-0.39, 0.29) is 6.42 Å². The topological polar surface area (TPSA) is 61.1 Å². The van der Waals surface area contributed by atoms with Crippen molar-refractivity contribution in [3.8, 4) is 6.07 Å². The molecule has 0 saturated carbocycles. The second kappa shape index (κ2) is 9.22. The Bertz CT molecular complexity index is 388. The van der Waals surface area contributed by atoms with Crippen LogP contribution >= 0.6 is 0 Å². The average molecular weight is 215 g/mol. The molecule has 0 saturated heterocycles. The Morgan fingerprint density at radius 3 is 2.44 bits per heavy atom. The number of aliphatic carboxylic acids is 1. The molecule has 0 aliphatic rings. The quantitative estimate of drug-likeness (QED) is 0.788. The van der Waals surface area contributed by atoms with Crippen molar-refractivity contribution in [1.29, 1.82) is 5.26 Å². The van der Waals surface area contributed by atoms with Gasteiger partial charge in [0, 0.05) is 6.08 Å². The molecule has 0 spiro atoms. The first-order valence-electron chi connectivity index (χ1n) is 4.64. The summed E-state index contributed by atoms with van der Waals surface area (Å²) in [6.07, 6.45) is 4.70. The van der Waals surface area contributed by atoms with E-state index < -0.39 is 5.97 Å². The number of allylic oxidation sites excluding steroid dienone is 1. The minimum absolute atomic E-state index is 0.0783. The molecule has 3 nitrogen and oxygen atoms in total. The second-order valence-corrected chi connectivity index (χ2v) is 2.74. The van der Waals surface area contributed by atoms with Gasteiger partial charge in [0.05, 0.1) is 12.5 Å². The lowest BCUT2D eigenvalue weighted by Crippen LogP contribution is -1.89. The van der Waals surface area contributed by atoms with E-state index in [2.05, 4.69) is 6.58 Å². The van der Waals surface area contributed by atoms with Gasteiger partial charge in [-0.2, -0.15) is 5.26 Å². The minimum Gasteiger partial charge on any atom is -0.481 e. The zero-order valence-corrected chi connectivity index (χ0v) is 8.84. The molecule has 0 fully saturated rings. The van der Waals surface area contributed by atoms with Gasteiger partial charge in [-0.3, -0.25) is 4.79 Å². The van der Waals surface area contributed by atoms with E-state index in [4.69, 9.17) is 10.4 Å². The Hall–Kier alpha value is -2.34. The zero-order valence-electron chi connectivity index (χ0n) is 8.84. The number of hydrogen-bond acceptors (Lipinski definition) is 2. The SMILES string of the molecule is C=CC#N.O=C(O)CC=Cc1ccccc1. The number of hydrogen-bond donors (Lipinski definition) is 1. The molecule has 82 valence electrons. The Morgan fingerprint density at radius 1 is 1.44 bits per heavy atom. The van der Waals surface area contributed by atoms with Crippen molar-refractivity contribution in [2.24, 2.45) is 0 Å². The van der Waals surface area contributed by atoms with Crippen LogP contribution in [0, 0.1) is 11.3 Å². The number of carbonyl (C=O) groups is 1. The van der Waals surface area contributed by atoms with Gasteiger partial charge in [0.15, 0.2) is 0 Å². The molecule has 1 aromatic carbocycles. The van der Waals surface area contributed by atoms with Gasteiger partial charge in [0.2, 0.25) is 0 Å². The number of carboxylic acid groups (broad SMARTS) is 1. The van der Waals surface area contributed by atoms with Crippen LogP contribution in [-0.4, -0.2) is 11.1 Å². The van der Waals surface area contributed by atoms with E-state index in [0.717, 1.165) is 5.56 Å². The normalized spacial score (nSPS) is 8.69. The maximum absolute atomic E-state index is 10.1. The van der Waals surface area contributed by atoms with E-state index in [1.165, 1.54) is 6.08 Å². The van der Waals surface area contributed by atoms with Crippen molar-refractivity contribution in [3.63, 3.8) is 0 Å². The molecular weight excluding hydrogens is 202 g/mol. The van der Waals surface area contributed by atoms with E-state index in [9.17, 15) is 4.79 Å². The maximum atomic E-state index is 10.1. The van der Waals surface area contributed by atoms with Crippen LogP contribution in [0.2, 0.25) is 0 Å². The highest BCUT2D eigenvalue weighted by molar-refractivity contribution is 5.70. The summed E-state index contributed by atoms with van der Waals surface area (Å²) >= 11 is 0. The van der Waals surface area contributed by atoms with Crippen LogP contribution in [0.15, 0.2) is 49.1 Å². The van der Waals surface area contributed by atoms with Gasteiger partial charge in [-0.1, -0.05) is 49.1 Å². The third kappa shape index (κ3) is 8.27. The molecule has 0 atom stereocenters. The second-order valence-electron chi connectivity index (χ2n) is 2.74. The van der Waals surface area contributed by atoms with E-state index in [1.54, 1.807) is 18.2 Å². The molecule has 1 rings (SSSR count). The molecule has 0 heterocycles. The first-order valence-corrected chi connectivity index (χ1v) is 4.64. The Labute approximate surface area is 95.0 Å². The van der Waals surface area contributed by atoms with Crippen molar-refractivity contribution in [2.45, 2.75) is 6.42 Å². The summed E-state index contributed by atoms with van der Waals surface area (Å²) in [5, 5.41) is 15.8. The fourth-order valence-corrected chi connectivity index (χ4v) is 0.860. The molecule has 0 radical (unpaired) electrons. The maximum Gasteiger partial charge on any atom is 0.307 e.